The highest BCUT2D eigenvalue weighted by Crippen LogP contribution is 2.33. The molecule has 1 amide bonds. The molecule has 0 aliphatic heterocycles. The van der Waals surface area contributed by atoms with Crippen LogP contribution in [0.4, 0.5) is 5.69 Å². The topological polar surface area (TPSA) is 52.9 Å². The van der Waals surface area contributed by atoms with Gasteiger partial charge in [-0.15, -0.1) is 0 Å². The second kappa shape index (κ2) is 7.66. The minimum atomic E-state index is -0.972. The van der Waals surface area contributed by atoms with Crippen molar-refractivity contribution in [3.8, 4) is 6.07 Å². The molecule has 0 atom stereocenters. The predicted octanol–water partition coefficient (Wildman–Crippen LogP) is 5.15. The molecule has 0 fully saturated rings. The van der Waals surface area contributed by atoms with Gasteiger partial charge in [0.2, 0.25) is 5.91 Å². The van der Waals surface area contributed by atoms with E-state index in [9.17, 15) is 10.1 Å². The number of anilines is 1. The molecule has 0 spiro atoms. The van der Waals surface area contributed by atoms with Crippen molar-refractivity contribution < 1.29 is 4.79 Å². The maximum atomic E-state index is 12.5. The van der Waals surface area contributed by atoms with E-state index in [1.165, 1.54) is 0 Å². The number of amides is 1. The third kappa shape index (κ3) is 3.97. The van der Waals surface area contributed by atoms with Crippen molar-refractivity contribution in [2.75, 3.05) is 5.32 Å². The Kier molecular flexibility index (Phi) is 6.51. The summed E-state index contributed by atoms with van der Waals surface area (Å²) in [7, 11) is 0. The van der Waals surface area contributed by atoms with Gasteiger partial charge in [0.05, 0.1) is 16.8 Å². The lowest BCUT2D eigenvalue weighted by Gasteiger charge is -2.24. The first kappa shape index (κ1) is 17.0. The summed E-state index contributed by atoms with van der Waals surface area (Å²) in [5, 5.41) is 12.7. The van der Waals surface area contributed by atoms with Crippen LogP contribution < -0.4 is 5.32 Å². The van der Waals surface area contributed by atoms with Crippen LogP contribution in [0.2, 0.25) is 5.02 Å². The molecule has 0 bridgehead atoms. The Morgan fingerprint density at radius 1 is 1.40 bits per heavy atom. The number of carbonyl (C=O) groups excluding carboxylic acids is 1. The Morgan fingerprint density at radius 2 is 2.00 bits per heavy atom. The molecule has 1 rings (SSSR count). The Hall–Kier alpha value is -1.05. The molecule has 0 unspecified atom stereocenters. The van der Waals surface area contributed by atoms with Crippen LogP contribution in [0, 0.1) is 16.7 Å². The quantitative estimate of drug-likeness (QED) is 0.765. The zero-order valence-electron chi connectivity index (χ0n) is 11.7. The minimum Gasteiger partial charge on any atom is -0.323 e. The Labute approximate surface area is 133 Å². The summed E-state index contributed by atoms with van der Waals surface area (Å²) in [6, 6.07) is 7.44. The smallest absolute Gasteiger partial charge is 0.244 e. The molecule has 1 aromatic rings. The van der Waals surface area contributed by atoms with Gasteiger partial charge in [0.25, 0.3) is 0 Å². The molecular formula is C15H18BrClN2O. The van der Waals surface area contributed by atoms with Crippen LogP contribution in [-0.2, 0) is 4.79 Å². The number of benzene rings is 1. The van der Waals surface area contributed by atoms with E-state index in [1.54, 1.807) is 18.2 Å². The summed E-state index contributed by atoms with van der Waals surface area (Å²) in [4.78, 5) is 12.5. The van der Waals surface area contributed by atoms with E-state index in [2.05, 4.69) is 27.3 Å². The number of nitriles is 1. The zero-order chi connectivity index (χ0) is 15.2. The first-order valence-corrected chi connectivity index (χ1v) is 7.84. The molecule has 1 aromatic carbocycles. The standard InChI is InChI=1S/C15H18BrClN2O/c1-3-7-15(10-18,8-4-2)14(20)19-13-6-5-11(16)9-12(13)17/h5-6,9H,3-4,7-8H2,1-2H3,(H,19,20). The number of hydrogen-bond acceptors (Lipinski definition) is 2. The average molecular weight is 358 g/mol. The summed E-state index contributed by atoms with van der Waals surface area (Å²) in [6.45, 7) is 3.95. The van der Waals surface area contributed by atoms with Gasteiger partial charge in [0, 0.05) is 4.47 Å². The van der Waals surface area contributed by atoms with Gasteiger partial charge in [-0.1, -0.05) is 54.2 Å². The number of carbonyl (C=O) groups is 1. The first-order chi connectivity index (χ1) is 9.49. The summed E-state index contributed by atoms with van der Waals surface area (Å²) < 4.78 is 0.842. The fourth-order valence-corrected chi connectivity index (χ4v) is 2.92. The number of rotatable bonds is 6. The van der Waals surface area contributed by atoms with Crippen molar-refractivity contribution in [1.82, 2.24) is 0 Å². The molecule has 0 aliphatic rings. The highest BCUT2D eigenvalue weighted by Gasteiger charge is 2.37. The molecule has 0 aromatic heterocycles. The molecule has 5 heteroatoms. The second-order valence-corrected chi connectivity index (χ2v) is 6.10. The summed E-state index contributed by atoms with van der Waals surface area (Å²) in [6.07, 6.45) is 2.68. The van der Waals surface area contributed by atoms with Crippen molar-refractivity contribution in [2.24, 2.45) is 5.41 Å². The molecular weight excluding hydrogens is 340 g/mol. The highest BCUT2D eigenvalue weighted by molar-refractivity contribution is 9.10. The van der Waals surface area contributed by atoms with E-state index in [1.807, 2.05) is 13.8 Å². The van der Waals surface area contributed by atoms with Gasteiger partial charge >= 0.3 is 0 Å². The molecule has 0 radical (unpaired) electrons. The van der Waals surface area contributed by atoms with Gasteiger partial charge in [-0.05, 0) is 31.0 Å². The van der Waals surface area contributed by atoms with E-state index in [-0.39, 0.29) is 5.91 Å². The van der Waals surface area contributed by atoms with Gasteiger partial charge in [0.1, 0.15) is 5.41 Å². The second-order valence-electron chi connectivity index (χ2n) is 4.77. The van der Waals surface area contributed by atoms with Crippen LogP contribution in [0.15, 0.2) is 22.7 Å². The lowest BCUT2D eigenvalue weighted by Crippen LogP contribution is -2.35. The maximum Gasteiger partial charge on any atom is 0.244 e. The van der Waals surface area contributed by atoms with Gasteiger partial charge in [0.15, 0.2) is 0 Å². The number of hydrogen-bond donors (Lipinski definition) is 1. The van der Waals surface area contributed by atoms with Gasteiger partial charge < -0.3 is 5.32 Å². The molecule has 108 valence electrons. The number of nitrogens with zero attached hydrogens (tertiary/aromatic N) is 1. The molecule has 0 saturated heterocycles. The molecule has 1 N–H and O–H groups in total. The van der Waals surface area contributed by atoms with Crippen LogP contribution in [0.1, 0.15) is 39.5 Å². The fraction of sp³-hybridized carbons (Fsp3) is 0.467. The predicted molar refractivity (Wildman–Crippen MR) is 85.6 cm³/mol. The van der Waals surface area contributed by atoms with Crippen LogP contribution in [0.5, 0.6) is 0 Å². The highest BCUT2D eigenvalue weighted by atomic mass is 79.9. The van der Waals surface area contributed by atoms with E-state index < -0.39 is 5.41 Å². The first-order valence-electron chi connectivity index (χ1n) is 6.67. The largest absolute Gasteiger partial charge is 0.323 e. The van der Waals surface area contributed by atoms with E-state index in [0.29, 0.717) is 23.6 Å². The summed E-state index contributed by atoms with van der Waals surface area (Å²) in [5.41, 5.74) is -0.438. The van der Waals surface area contributed by atoms with Crippen molar-refractivity contribution in [3.63, 3.8) is 0 Å². The molecule has 3 nitrogen and oxygen atoms in total. The lowest BCUT2D eigenvalue weighted by molar-refractivity contribution is -0.123. The molecule has 20 heavy (non-hydrogen) atoms. The Balaban J connectivity index is 2.99. The van der Waals surface area contributed by atoms with Gasteiger partial charge in [-0.3, -0.25) is 4.79 Å². The molecule has 0 saturated carbocycles. The zero-order valence-corrected chi connectivity index (χ0v) is 14.0. The fourth-order valence-electron chi connectivity index (χ4n) is 2.20. The van der Waals surface area contributed by atoms with Crippen molar-refractivity contribution in [2.45, 2.75) is 39.5 Å². The third-order valence-electron chi connectivity index (χ3n) is 3.18. The molecule has 0 heterocycles. The van der Waals surface area contributed by atoms with Crippen molar-refractivity contribution in [3.05, 3.63) is 27.7 Å². The van der Waals surface area contributed by atoms with E-state index >= 15 is 0 Å². The third-order valence-corrected chi connectivity index (χ3v) is 3.99. The lowest BCUT2D eigenvalue weighted by atomic mass is 9.79. The Bertz CT molecular complexity index is 519. The van der Waals surface area contributed by atoms with E-state index in [4.69, 9.17) is 11.6 Å². The summed E-state index contributed by atoms with van der Waals surface area (Å²) in [5.74, 6) is -0.270. The molecule has 0 aliphatic carbocycles. The van der Waals surface area contributed by atoms with Gasteiger partial charge in [-0.2, -0.15) is 5.26 Å². The van der Waals surface area contributed by atoms with Crippen molar-refractivity contribution >= 4 is 39.1 Å². The van der Waals surface area contributed by atoms with Crippen LogP contribution in [-0.4, -0.2) is 5.91 Å². The monoisotopic (exact) mass is 356 g/mol. The normalized spacial score (nSPS) is 10.9. The SMILES string of the molecule is CCCC(C#N)(CCC)C(=O)Nc1ccc(Br)cc1Cl. The minimum absolute atomic E-state index is 0.270. The van der Waals surface area contributed by atoms with Gasteiger partial charge in [-0.25, -0.2) is 0 Å². The van der Waals surface area contributed by atoms with Crippen LogP contribution in [0.3, 0.4) is 0 Å². The van der Waals surface area contributed by atoms with E-state index in [0.717, 1.165) is 17.3 Å². The summed E-state index contributed by atoms with van der Waals surface area (Å²) >= 11 is 9.41. The number of nitrogens with one attached hydrogen (secondary N) is 1. The maximum absolute atomic E-state index is 12.5. The average Bonchev–Trinajstić information content (AvgIpc) is 2.41. The Morgan fingerprint density at radius 3 is 2.45 bits per heavy atom. The van der Waals surface area contributed by atoms with Crippen molar-refractivity contribution in [1.29, 1.82) is 5.26 Å². The van der Waals surface area contributed by atoms with Crippen LogP contribution >= 0.6 is 27.5 Å². The van der Waals surface area contributed by atoms with Crippen LogP contribution in [0.25, 0.3) is 0 Å². The number of halogens is 2.